The van der Waals surface area contributed by atoms with Crippen molar-refractivity contribution in [1.82, 2.24) is 5.32 Å². The van der Waals surface area contributed by atoms with E-state index in [1.165, 1.54) is 19.2 Å². The second-order valence-corrected chi connectivity index (χ2v) is 10.0. The van der Waals surface area contributed by atoms with Crippen molar-refractivity contribution in [2.24, 2.45) is 5.92 Å². The van der Waals surface area contributed by atoms with Gasteiger partial charge in [0.05, 0.1) is 17.4 Å². The number of alkyl halides is 3. The lowest BCUT2D eigenvalue weighted by Crippen LogP contribution is -2.36. The summed E-state index contributed by atoms with van der Waals surface area (Å²) in [5, 5.41) is 10.1. The number of halogens is 3. The van der Waals surface area contributed by atoms with E-state index >= 15 is 0 Å². The summed E-state index contributed by atoms with van der Waals surface area (Å²) in [4.78, 5) is 21.6. The maximum atomic E-state index is 12.6. The molecule has 1 amide bonds. The van der Waals surface area contributed by atoms with Gasteiger partial charge in [-0.2, -0.15) is 13.2 Å². The highest BCUT2D eigenvalue weighted by Crippen LogP contribution is 2.48. The Labute approximate surface area is 201 Å². The standard InChI is InChI=1S/C21H26N2O4S.C2HF3O2/c1-15(2)14-22-20(24)21(11-12-21)16-7-9-17(10-8-16)23-28(25,26)19-6-4-5-18(13-19)27-3;3-2(4,5)1(6)7/h4-10,13,15,23H,11-12,14H2,1-3H3,(H,22,24);(H,6,7). The topological polar surface area (TPSA) is 122 Å². The Bertz CT molecular complexity index is 1140. The fraction of sp³-hybridized carbons (Fsp3) is 0.391. The van der Waals surface area contributed by atoms with Crippen LogP contribution in [0.2, 0.25) is 0 Å². The van der Waals surface area contributed by atoms with Crippen molar-refractivity contribution in [2.45, 2.75) is 43.2 Å². The molecule has 0 saturated heterocycles. The van der Waals surface area contributed by atoms with Crippen LogP contribution in [0.1, 0.15) is 32.3 Å². The molecule has 0 unspecified atom stereocenters. The van der Waals surface area contributed by atoms with Crippen LogP contribution >= 0.6 is 0 Å². The van der Waals surface area contributed by atoms with E-state index in [2.05, 4.69) is 23.9 Å². The molecule has 12 heteroatoms. The van der Waals surface area contributed by atoms with Crippen LogP contribution in [0.5, 0.6) is 5.75 Å². The summed E-state index contributed by atoms with van der Waals surface area (Å²) < 4.78 is 64.6. The average Bonchev–Trinajstić information content (AvgIpc) is 3.59. The van der Waals surface area contributed by atoms with Gasteiger partial charge in [-0.05, 0) is 48.6 Å². The summed E-state index contributed by atoms with van der Waals surface area (Å²) in [7, 11) is -2.23. The maximum Gasteiger partial charge on any atom is 0.490 e. The Hall–Kier alpha value is -3.28. The fourth-order valence-corrected chi connectivity index (χ4v) is 4.17. The predicted molar refractivity (Wildman–Crippen MR) is 123 cm³/mol. The first-order valence-corrected chi connectivity index (χ1v) is 12.1. The number of ether oxygens (including phenoxy) is 1. The van der Waals surface area contributed by atoms with Crippen molar-refractivity contribution in [3.8, 4) is 5.75 Å². The zero-order chi connectivity index (χ0) is 26.4. The molecule has 3 N–H and O–H groups in total. The Morgan fingerprint density at radius 1 is 1.11 bits per heavy atom. The molecule has 2 aromatic carbocycles. The second-order valence-electron chi connectivity index (χ2n) is 8.35. The molecular weight excluding hydrogens is 489 g/mol. The van der Waals surface area contributed by atoms with Crippen molar-refractivity contribution >= 4 is 27.6 Å². The second kappa shape index (κ2) is 11.0. The fourth-order valence-electron chi connectivity index (χ4n) is 3.08. The Morgan fingerprint density at radius 2 is 1.69 bits per heavy atom. The minimum atomic E-state index is -5.08. The third-order valence-electron chi connectivity index (χ3n) is 5.14. The Morgan fingerprint density at radius 3 is 2.14 bits per heavy atom. The highest BCUT2D eigenvalue weighted by Gasteiger charge is 2.51. The molecule has 35 heavy (non-hydrogen) atoms. The number of anilines is 1. The summed E-state index contributed by atoms with van der Waals surface area (Å²) in [6, 6.07) is 13.3. The normalized spacial score (nSPS) is 14.4. The first-order valence-electron chi connectivity index (χ1n) is 10.6. The van der Waals surface area contributed by atoms with E-state index < -0.39 is 27.6 Å². The molecule has 1 aliphatic carbocycles. The third kappa shape index (κ3) is 7.61. The monoisotopic (exact) mass is 516 g/mol. The average molecular weight is 517 g/mol. The number of carbonyl (C=O) groups excluding carboxylic acids is 1. The van der Waals surface area contributed by atoms with E-state index in [0.29, 0.717) is 23.9 Å². The van der Waals surface area contributed by atoms with Gasteiger partial charge in [0, 0.05) is 18.3 Å². The summed E-state index contributed by atoms with van der Waals surface area (Å²) in [6.07, 6.45) is -3.46. The highest BCUT2D eigenvalue weighted by atomic mass is 32.2. The van der Waals surface area contributed by atoms with E-state index in [4.69, 9.17) is 14.6 Å². The van der Waals surface area contributed by atoms with Crippen molar-refractivity contribution < 1.29 is 41.0 Å². The largest absolute Gasteiger partial charge is 0.497 e. The Balaban J connectivity index is 0.000000540. The summed E-state index contributed by atoms with van der Waals surface area (Å²) >= 11 is 0. The number of carboxylic acid groups (broad SMARTS) is 1. The zero-order valence-electron chi connectivity index (χ0n) is 19.3. The van der Waals surface area contributed by atoms with Crippen LogP contribution in [0.4, 0.5) is 18.9 Å². The van der Waals surface area contributed by atoms with Crippen LogP contribution < -0.4 is 14.8 Å². The number of methoxy groups -OCH3 is 1. The van der Waals surface area contributed by atoms with Gasteiger partial charge in [0.15, 0.2) is 0 Å². The van der Waals surface area contributed by atoms with Gasteiger partial charge in [0.2, 0.25) is 5.91 Å². The van der Waals surface area contributed by atoms with Gasteiger partial charge in [-0.25, -0.2) is 13.2 Å². The highest BCUT2D eigenvalue weighted by molar-refractivity contribution is 7.92. The van der Waals surface area contributed by atoms with Crippen LogP contribution in [0.25, 0.3) is 0 Å². The van der Waals surface area contributed by atoms with Crippen LogP contribution in [0.3, 0.4) is 0 Å². The SMILES string of the molecule is COc1cccc(S(=O)(=O)Nc2ccc(C3(C(=O)NCC(C)C)CC3)cc2)c1.O=C(O)C(F)(F)F. The molecule has 0 aliphatic heterocycles. The summed E-state index contributed by atoms with van der Waals surface area (Å²) in [5.41, 5.74) is 0.891. The quantitative estimate of drug-likeness (QED) is 0.489. The molecule has 0 atom stereocenters. The van der Waals surface area contributed by atoms with Gasteiger partial charge in [0.1, 0.15) is 5.75 Å². The van der Waals surface area contributed by atoms with Gasteiger partial charge < -0.3 is 15.2 Å². The first kappa shape index (κ1) is 28.0. The molecule has 1 aliphatic rings. The number of amides is 1. The van der Waals surface area contributed by atoms with Gasteiger partial charge in [-0.1, -0.05) is 32.0 Å². The molecule has 1 fully saturated rings. The minimum Gasteiger partial charge on any atom is -0.497 e. The van der Waals surface area contributed by atoms with Crippen LogP contribution in [-0.2, 0) is 25.0 Å². The lowest BCUT2D eigenvalue weighted by molar-refractivity contribution is -0.192. The number of nitrogens with one attached hydrogen (secondary N) is 2. The number of rotatable bonds is 8. The number of hydrogen-bond donors (Lipinski definition) is 3. The van der Waals surface area contributed by atoms with E-state index in [-0.39, 0.29) is 10.8 Å². The molecule has 3 rings (SSSR count). The van der Waals surface area contributed by atoms with Crippen LogP contribution in [0.15, 0.2) is 53.4 Å². The molecule has 0 heterocycles. The number of hydrogen-bond acceptors (Lipinski definition) is 5. The van der Waals surface area contributed by atoms with Crippen molar-refractivity contribution in [3.05, 3.63) is 54.1 Å². The molecular formula is C23H27F3N2O6S. The smallest absolute Gasteiger partial charge is 0.490 e. The van der Waals surface area contributed by atoms with E-state index in [1.807, 2.05) is 12.1 Å². The minimum absolute atomic E-state index is 0.0471. The van der Waals surface area contributed by atoms with Gasteiger partial charge in [0.25, 0.3) is 10.0 Å². The van der Waals surface area contributed by atoms with Crippen molar-refractivity contribution in [1.29, 1.82) is 0 Å². The molecule has 2 aromatic rings. The number of aliphatic carboxylic acids is 1. The van der Waals surface area contributed by atoms with E-state index in [0.717, 1.165) is 18.4 Å². The maximum absolute atomic E-state index is 12.6. The molecule has 0 radical (unpaired) electrons. The number of carbonyl (C=O) groups is 2. The Kier molecular flexibility index (Phi) is 8.77. The molecule has 0 spiro atoms. The first-order chi connectivity index (χ1) is 16.2. The molecule has 0 bridgehead atoms. The number of benzene rings is 2. The van der Waals surface area contributed by atoms with E-state index in [1.54, 1.807) is 24.3 Å². The van der Waals surface area contributed by atoms with E-state index in [9.17, 15) is 26.4 Å². The summed E-state index contributed by atoms with van der Waals surface area (Å²) in [6.45, 7) is 4.77. The lowest BCUT2D eigenvalue weighted by atomic mass is 9.94. The van der Waals surface area contributed by atoms with Crippen LogP contribution in [0, 0.1) is 5.92 Å². The predicted octanol–water partition coefficient (Wildman–Crippen LogP) is 3.93. The summed E-state index contributed by atoms with van der Waals surface area (Å²) in [5.74, 6) is -1.84. The van der Waals surface area contributed by atoms with Crippen molar-refractivity contribution in [2.75, 3.05) is 18.4 Å². The van der Waals surface area contributed by atoms with Gasteiger partial charge in [-0.15, -0.1) is 0 Å². The molecule has 192 valence electrons. The number of carboxylic acids is 1. The number of sulfonamides is 1. The molecule has 1 saturated carbocycles. The zero-order valence-corrected chi connectivity index (χ0v) is 20.2. The molecule has 0 aromatic heterocycles. The van der Waals surface area contributed by atoms with Gasteiger partial charge >= 0.3 is 12.1 Å². The van der Waals surface area contributed by atoms with Crippen LogP contribution in [-0.4, -0.2) is 45.2 Å². The van der Waals surface area contributed by atoms with Gasteiger partial charge in [-0.3, -0.25) is 9.52 Å². The third-order valence-corrected chi connectivity index (χ3v) is 6.52. The lowest BCUT2D eigenvalue weighted by Gasteiger charge is -2.17. The molecule has 8 nitrogen and oxygen atoms in total. The van der Waals surface area contributed by atoms with Crippen molar-refractivity contribution in [3.63, 3.8) is 0 Å².